The fraction of sp³-hybridized carbons (Fsp3) is 0.833. The van der Waals surface area contributed by atoms with Gasteiger partial charge in [0.15, 0.2) is 6.29 Å². The zero-order valence-corrected chi connectivity index (χ0v) is 7.69. The maximum atomic E-state index is 9.90. The highest BCUT2D eigenvalue weighted by atomic mass is 16.4. The van der Waals surface area contributed by atoms with Gasteiger partial charge in [-0.05, 0) is 0 Å². The smallest absolute Gasteiger partial charge is 0.151 e. The van der Waals surface area contributed by atoms with E-state index in [1.165, 1.54) is 0 Å². The molecule has 14 heavy (non-hydrogen) atoms. The van der Waals surface area contributed by atoms with Gasteiger partial charge in [0.05, 0.1) is 6.61 Å². The van der Waals surface area contributed by atoms with Crippen LogP contribution < -0.4 is 6.15 Å². The average Bonchev–Trinajstić information content (AvgIpc) is 2.12. The molecule has 0 saturated heterocycles. The van der Waals surface area contributed by atoms with E-state index in [9.17, 15) is 4.79 Å². The molecule has 4 atom stereocenters. The Morgan fingerprint density at radius 3 is 1.79 bits per heavy atom. The van der Waals surface area contributed by atoms with Gasteiger partial charge < -0.3 is 42.0 Å². The minimum atomic E-state index is -1.79. The molecule has 0 spiro atoms. The third-order valence-corrected chi connectivity index (χ3v) is 1.42. The van der Waals surface area contributed by atoms with Crippen molar-refractivity contribution in [2.24, 2.45) is 0 Å². The Labute approximate surface area is 80.3 Å². The molecule has 10 N–H and O–H groups in total. The molecule has 0 saturated carbocycles. The van der Waals surface area contributed by atoms with Gasteiger partial charge in [-0.25, -0.2) is 0 Å². The molecular weight excluding hydrogens is 198 g/mol. The van der Waals surface area contributed by atoms with E-state index in [1.54, 1.807) is 0 Å². The number of carbonyl (C=O) groups is 1. The van der Waals surface area contributed by atoms with Crippen molar-refractivity contribution in [3.05, 3.63) is 0 Å². The Morgan fingerprint density at radius 2 is 1.50 bits per heavy atom. The molecule has 0 aromatic heterocycles. The molecule has 0 bridgehead atoms. The van der Waals surface area contributed by atoms with Gasteiger partial charge in [-0.2, -0.15) is 0 Å². The third kappa shape index (κ3) is 5.19. The van der Waals surface area contributed by atoms with Crippen LogP contribution in [0.5, 0.6) is 0 Å². The van der Waals surface area contributed by atoms with Crippen molar-refractivity contribution in [2.45, 2.75) is 24.4 Å². The van der Waals surface area contributed by atoms with Crippen molar-refractivity contribution in [3.63, 3.8) is 0 Å². The molecule has 0 unspecified atom stereocenters. The molecule has 0 amide bonds. The molecule has 0 aromatic carbocycles. The lowest BCUT2D eigenvalue weighted by atomic mass is 10.0. The van der Waals surface area contributed by atoms with Crippen LogP contribution in [0.1, 0.15) is 0 Å². The van der Waals surface area contributed by atoms with Crippen molar-refractivity contribution >= 4 is 6.29 Å². The van der Waals surface area contributed by atoms with Gasteiger partial charge >= 0.3 is 0 Å². The van der Waals surface area contributed by atoms with Crippen LogP contribution in [0.25, 0.3) is 0 Å². The number of aliphatic hydroxyl groups is 5. The zero-order chi connectivity index (χ0) is 9.72. The second-order valence-electron chi connectivity index (χ2n) is 2.36. The summed E-state index contributed by atoms with van der Waals surface area (Å²) in [5.41, 5.74) is 0. The van der Waals surface area contributed by atoms with Crippen molar-refractivity contribution in [1.82, 2.24) is 6.15 Å². The third-order valence-electron chi connectivity index (χ3n) is 1.42. The summed E-state index contributed by atoms with van der Waals surface area (Å²) in [7, 11) is 0. The summed E-state index contributed by atoms with van der Waals surface area (Å²) in [5, 5.41) is 43.5. The fourth-order valence-electron chi connectivity index (χ4n) is 0.618. The van der Waals surface area contributed by atoms with Crippen molar-refractivity contribution in [3.8, 4) is 0 Å². The summed E-state index contributed by atoms with van der Waals surface area (Å²) in [6, 6.07) is 0. The Hall–Kier alpha value is -0.610. The molecule has 88 valence electrons. The van der Waals surface area contributed by atoms with Gasteiger partial charge in [-0.15, -0.1) is 0 Å². The van der Waals surface area contributed by atoms with Crippen molar-refractivity contribution in [2.75, 3.05) is 6.61 Å². The maximum absolute atomic E-state index is 9.90. The van der Waals surface area contributed by atoms with E-state index >= 15 is 0 Å². The maximum Gasteiger partial charge on any atom is 0.151 e. The predicted molar refractivity (Wildman–Crippen MR) is 45.1 cm³/mol. The summed E-state index contributed by atoms with van der Waals surface area (Å²) in [6.45, 7) is -0.760. The first kappa shape index (κ1) is 19.0. The number of hydrogen-bond acceptors (Lipinski definition) is 7. The van der Waals surface area contributed by atoms with Crippen LogP contribution >= 0.6 is 0 Å². The second-order valence-corrected chi connectivity index (χ2v) is 2.36. The zero-order valence-electron chi connectivity index (χ0n) is 7.69. The number of aliphatic hydroxyl groups excluding tert-OH is 5. The molecule has 0 aliphatic heterocycles. The van der Waals surface area contributed by atoms with Crippen LogP contribution in [0.15, 0.2) is 0 Å². The summed E-state index contributed by atoms with van der Waals surface area (Å²) < 4.78 is 0. The predicted octanol–water partition coefficient (Wildman–Crippen LogP) is -3.18. The lowest BCUT2D eigenvalue weighted by Gasteiger charge is -2.22. The van der Waals surface area contributed by atoms with E-state index in [1.807, 2.05) is 0 Å². The SMILES string of the molecule is O=C[C@H](O)[C@@H](O)[C@H](O)[C@H](O)CO.[NH4+].[OH-]. The van der Waals surface area contributed by atoms with Crippen LogP contribution in [-0.2, 0) is 4.79 Å². The quantitative estimate of drug-likeness (QED) is 0.261. The fourth-order valence-corrected chi connectivity index (χ4v) is 0.618. The van der Waals surface area contributed by atoms with E-state index in [4.69, 9.17) is 25.5 Å². The first-order valence-electron chi connectivity index (χ1n) is 3.33. The van der Waals surface area contributed by atoms with Crippen LogP contribution in [0.4, 0.5) is 0 Å². The highest BCUT2D eigenvalue weighted by Crippen LogP contribution is 2.02. The van der Waals surface area contributed by atoms with Crippen LogP contribution in [0.3, 0.4) is 0 Å². The van der Waals surface area contributed by atoms with Gasteiger partial charge in [0.2, 0.25) is 0 Å². The van der Waals surface area contributed by atoms with E-state index in [0.717, 1.165) is 0 Å². The highest BCUT2D eigenvalue weighted by Gasteiger charge is 2.29. The van der Waals surface area contributed by atoms with Gasteiger partial charge in [0.1, 0.15) is 24.4 Å². The summed E-state index contributed by atoms with van der Waals surface area (Å²) >= 11 is 0. The molecule has 0 aliphatic rings. The second kappa shape index (κ2) is 8.97. The summed E-state index contributed by atoms with van der Waals surface area (Å²) in [4.78, 5) is 9.90. The number of rotatable bonds is 5. The Kier molecular flexibility index (Phi) is 12.2. The first-order chi connectivity index (χ1) is 5.54. The van der Waals surface area contributed by atoms with Gasteiger partial charge in [0.25, 0.3) is 0 Å². The largest absolute Gasteiger partial charge is 0.870 e. The van der Waals surface area contributed by atoms with Gasteiger partial charge in [-0.1, -0.05) is 0 Å². The van der Waals surface area contributed by atoms with Gasteiger partial charge in [0, 0.05) is 0 Å². The van der Waals surface area contributed by atoms with Crippen LogP contribution in [0, 0.1) is 0 Å². The molecule has 0 fully saturated rings. The molecule has 0 rings (SSSR count). The lowest BCUT2D eigenvalue weighted by Crippen LogP contribution is -2.46. The van der Waals surface area contributed by atoms with E-state index in [0.29, 0.717) is 0 Å². The van der Waals surface area contributed by atoms with E-state index in [-0.39, 0.29) is 17.9 Å². The number of aldehydes is 1. The number of hydrogen-bond donors (Lipinski definition) is 6. The average molecular weight is 215 g/mol. The van der Waals surface area contributed by atoms with E-state index < -0.39 is 31.0 Å². The molecular formula is C6H17NO7. The Bertz CT molecular complexity index is 144. The molecule has 0 aromatic rings. The molecule has 8 nitrogen and oxygen atoms in total. The first-order valence-corrected chi connectivity index (χ1v) is 3.33. The monoisotopic (exact) mass is 215 g/mol. The number of carbonyl (C=O) groups excluding carboxylic acids is 1. The van der Waals surface area contributed by atoms with Crippen LogP contribution in [0.2, 0.25) is 0 Å². The minimum absolute atomic E-state index is 0. The molecule has 8 heteroatoms. The normalized spacial score (nSPS) is 18.1. The van der Waals surface area contributed by atoms with E-state index in [2.05, 4.69) is 0 Å². The van der Waals surface area contributed by atoms with Crippen molar-refractivity contribution < 1.29 is 35.8 Å². The van der Waals surface area contributed by atoms with Crippen molar-refractivity contribution in [1.29, 1.82) is 0 Å². The van der Waals surface area contributed by atoms with Gasteiger partial charge in [-0.3, -0.25) is 0 Å². The standard InChI is InChI=1S/C6H12O6.H3N.H2O/c7-1-3(9)5(11)6(12)4(10)2-8;;/h1,3-6,8-12H,2H2;1H3;1H2/t3-,4+,5+,6+;;/m0../s1. The Morgan fingerprint density at radius 1 is 1.07 bits per heavy atom. The summed E-state index contributed by atoms with van der Waals surface area (Å²) in [5.74, 6) is 0. The van der Waals surface area contributed by atoms with Crippen LogP contribution in [-0.4, -0.2) is 68.3 Å². The lowest BCUT2D eigenvalue weighted by molar-refractivity contribution is -0.136. The molecule has 0 aliphatic carbocycles. The topological polar surface area (TPSA) is 185 Å². The molecule has 0 radical (unpaired) electrons. The summed E-state index contributed by atoms with van der Waals surface area (Å²) in [6.07, 6.45) is -6.84. The number of quaternary nitrogens is 1. The minimum Gasteiger partial charge on any atom is -0.870 e. The highest BCUT2D eigenvalue weighted by molar-refractivity contribution is 5.56. The molecule has 0 heterocycles. The Balaban J connectivity index is -0.000000605.